The molecule has 3 aromatic rings. The molecule has 5 rings (SSSR count). The maximum atomic E-state index is 12.7. The molecular weight excluding hydrogens is 408 g/mol. The molecule has 2 atom stereocenters. The zero-order valence-electron chi connectivity index (χ0n) is 17.5. The van der Waals surface area contributed by atoms with Gasteiger partial charge in [-0.05, 0) is 35.1 Å². The number of nitrogens with one attached hydrogen (secondary N) is 1. The van der Waals surface area contributed by atoms with E-state index in [2.05, 4.69) is 39.9 Å². The second-order valence-electron chi connectivity index (χ2n) is 8.32. The molecule has 8 heteroatoms. The van der Waals surface area contributed by atoms with Crippen molar-refractivity contribution in [1.29, 1.82) is 0 Å². The van der Waals surface area contributed by atoms with E-state index in [0.717, 1.165) is 25.7 Å². The number of carbonyl (C=O) groups is 2. The van der Waals surface area contributed by atoms with Crippen molar-refractivity contribution in [2.24, 2.45) is 0 Å². The van der Waals surface area contributed by atoms with Crippen molar-refractivity contribution in [3.8, 4) is 11.1 Å². The van der Waals surface area contributed by atoms with Gasteiger partial charge < -0.3 is 15.2 Å². The van der Waals surface area contributed by atoms with Gasteiger partial charge in [0.15, 0.2) is 5.69 Å². The van der Waals surface area contributed by atoms with E-state index in [1.807, 2.05) is 24.3 Å². The summed E-state index contributed by atoms with van der Waals surface area (Å²) >= 11 is 0. The first-order valence-electron chi connectivity index (χ1n) is 10.9. The van der Waals surface area contributed by atoms with Gasteiger partial charge in [-0.3, -0.25) is 0 Å². The van der Waals surface area contributed by atoms with Crippen LogP contribution in [0.4, 0.5) is 4.79 Å². The van der Waals surface area contributed by atoms with E-state index in [-0.39, 0.29) is 30.3 Å². The molecule has 0 bridgehead atoms. The summed E-state index contributed by atoms with van der Waals surface area (Å²) in [4.78, 5) is 23.8. The molecular formula is C24H24N4O4. The topological polar surface area (TPSA) is 106 Å². The predicted octanol–water partition coefficient (Wildman–Crippen LogP) is 4.00. The third-order valence-electron chi connectivity index (χ3n) is 6.45. The van der Waals surface area contributed by atoms with Crippen LogP contribution in [0.25, 0.3) is 11.1 Å². The highest BCUT2D eigenvalue weighted by molar-refractivity contribution is 5.84. The van der Waals surface area contributed by atoms with Crippen molar-refractivity contribution in [2.75, 3.05) is 6.61 Å². The minimum Gasteiger partial charge on any atom is -0.476 e. The van der Waals surface area contributed by atoms with Crippen molar-refractivity contribution in [2.45, 2.75) is 43.7 Å². The summed E-state index contributed by atoms with van der Waals surface area (Å²) < 4.78 is 7.23. The highest BCUT2D eigenvalue weighted by atomic mass is 16.5. The summed E-state index contributed by atoms with van der Waals surface area (Å²) in [5.74, 6) is -1.11. The van der Waals surface area contributed by atoms with Crippen molar-refractivity contribution in [3.05, 3.63) is 71.5 Å². The van der Waals surface area contributed by atoms with Crippen LogP contribution in [0.1, 0.15) is 59.3 Å². The van der Waals surface area contributed by atoms with Gasteiger partial charge in [0.05, 0.1) is 18.3 Å². The number of carboxylic acid groups (broad SMARTS) is 1. The van der Waals surface area contributed by atoms with Crippen LogP contribution in [0, 0.1) is 0 Å². The largest absolute Gasteiger partial charge is 0.476 e. The van der Waals surface area contributed by atoms with Crippen LogP contribution in [0.5, 0.6) is 0 Å². The number of nitrogens with zero attached hydrogens (tertiary/aromatic N) is 3. The highest BCUT2D eigenvalue weighted by Crippen LogP contribution is 2.44. The fourth-order valence-corrected chi connectivity index (χ4v) is 4.92. The Balaban J connectivity index is 1.27. The van der Waals surface area contributed by atoms with Crippen LogP contribution < -0.4 is 5.32 Å². The molecule has 0 radical (unpaired) electrons. The number of alkyl carbamates (subject to hydrolysis) is 1. The molecule has 1 aromatic heterocycles. The standard InChI is InChI=1S/C24H24N4O4/c29-23(30)21-13-28(27-26-21)22-12-6-5-11-20(22)25-24(31)32-14-19-17-9-3-1-7-15(17)16-8-2-4-10-18(16)19/h1-4,7-10,13,19-20,22H,5-6,11-12,14H2,(H,25,31)(H,29,30)/t20-,22+/m0/s1. The molecule has 1 fully saturated rings. The number of fused-ring (bicyclic) bond motifs is 3. The fourth-order valence-electron chi connectivity index (χ4n) is 4.92. The van der Waals surface area contributed by atoms with Gasteiger partial charge in [-0.2, -0.15) is 0 Å². The van der Waals surface area contributed by atoms with Crippen LogP contribution in [-0.2, 0) is 4.74 Å². The summed E-state index contributed by atoms with van der Waals surface area (Å²) in [7, 11) is 0. The molecule has 8 nitrogen and oxygen atoms in total. The first kappa shape index (κ1) is 20.2. The third kappa shape index (κ3) is 3.72. The number of carbonyl (C=O) groups excluding carboxylic acids is 1. The molecule has 1 heterocycles. The maximum Gasteiger partial charge on any atom is 0.407 e. The monoisotopic (exact) mass is 432 g/mol. The third-order valence-corrected chi connectivity index (χ3v) is 6.45. The summed E-state index contributed by atoms with van der Waals surface area (Å²) in [6.45, 7) is 0.254. The number of aromatic carboxylic acids is 1. The molecule has 2 aromatic carbocycles. The van der Waals surface area contributed by atoms with Gasteiger partial charge in [0, 0.05) is 5.92 Å². The number of ether oxygens (including phenoxy) is 1. The Morgan fingerprint density at radius 1 is 1.03 bits per heavy atom. The second-order valence-corrected chi connectivity index (χ2v) is 8.32. The smallest absolute Gasteiger partial charge is 0.407 e. The quantitative estimate of drug-likeness (QED) is 0.631. The van der Waals surface area contributed by atoms with E-state index in [9.17, 15) is 9.59 Å². The fraction of sp³-hybridized carbons (Fsp3) is 0.333. The zero-order chi connectivity index (χ0) is 22.1. The number of aromatic nitrogens is 3. The second kappa shape index (κ2) is 8.45. The van der Waals surface area contributed by atoms with Crippen molar-refractivity contribution >= 4 is 12.1 Å². The van der Waals surface area contributed by atoms with Gasteiger partial charge in [-0.25, -0.2) is 14.3 Å². The average molecular weight is 432 g/mol. The molecule has 164 valence electrons. The van der Waals surface area contributed by atoms with Crippen LogP contribution in [0.15, 0.2) is 54.7 Å². The Kier molecular flexibility index (Phi) is 5.34. The molecule has 1 amide bonds. The summed E-state index contributed by atoms with van der Waals surface area (Å²) in [5, 5.41) is 19.8. The average Bonchev–Trinajstić information content (AvgIpc) is 3.42. The molecule has 1 saturated carbocycles. The van der Waals surface area contributed by atoms with E-state index in [1.54, 1.807) is 4.68 Å². The van der Waals surface area contributed by atoms with Gasteiger partial charge in [0.1, 0.15) is 6.61 Å². The van der Waals surface area contributed by atoms with Crippen LogP contribution >= 0.6 is 0 Å². The Morgan fingerprint density at radius 2 is 1.69 bits per heavy atom. The van der Waals surface area contributed by atoms with E-state index < -0.39 is 12.1 Å². The number of amides is 1. The number of carboxylic acids is 1. The molecule has 2 aliphatic rings. The molecule has 0 spiro atoms. The lowest BCUT2D eigenvalue weighted by Crippen LogP contribution is -2.43. The maximum absolute atomic E-state index is 12.7. The first-order valence-corrected chi connectivity index (χ1v) is 10.9. The van der Waals surface area contributed by atoms with Crippen molar-refractivity contribution < 1.29 is 19.4 Å². The van der Waals surface area contributed by atoms with Gasteiger partial charge in [0.25, 0.3) is 0 Å². The van der Waals surface area contributed by atoms with Gasteiger partial charge in [-0.1, -0.05) is 66.6 Å². The Labute approximate surface area is 185 Å². The van der Waals surface area contributed by atoms with E-state index in [4.69, 9.17) is 9.84 Å². The molecule has 2 N–H and O–H groups in total. The Bertz CT molecular complexity index is 1110. The molecule has 0 unspecified atom stereocenters. The predicted molar refractivity (Wildman–Crippen MR) is 116 cm³/mol. The van der Waals surface area contributed by atoms with Crippen molar-refractivity contribution in [1.82, 2.24) is 20.3 Å². The zero-order valence-corrected chi connectivity index (χ0v) is 17.5. The van der Waals surface area contributed by atoms with Crippen molar-refractivity contribution in [3.63, 3.8) is 0 Å². The SMILES string of the molecule is O=C(N[C@H]1CCCC[C@H]1n1cc(C(=O)O)nn1)OCC1c2ccccc2-c2ccccc21. The van der Waals surface area contributed by atoms with Crippen LogP contribution in [-0.4, -0.2) is 44.8 Å². The minimum absolute atomic E-state index is 0.00347. The molecule has 32 heavy (non-hydrogen) atoms. The normalized spacial score (nSPS) is 19.8. The highest BCUT2D eigenvalue weighted by Gasteiger charge is 2.32. The first-order chi connectivity index (χ1) is 15.6. The van der Waals surface area contributed by atoms with E-state index >= 15 is 0 Å². The van der Waals surface area contributed by atoms with E-state index in [1.165, 1.54) is 28.5 Å². The summed E-state index contributed by atoms with van der Waals surface area (Å²) in [6, 6.07) is 16.1. The number of benzene rings is 2. The lowest BCUT2D eigenvalue weighted by atomic mass is 9.90. The lowest BCUT2D eigenvalue weighted by molar-refractivity contribution is 0.0690. The van der Waals surface area contributed by atoms with Crippen LogP contribution in [0.3, 0.4) is 0 Å². The lowest BCUT2D eigenvalue weighted by Gasteiger charge is -2.31. The number of hydrogen-bond acceptors (Lipinski definition) is 5. The summed E-state index contributed by atoms with van der Waals surface area (Å²) in [6.07, 6.45) is 4.47. The molecule has 0 saturated heterocycles. The van der Waals surface area contributed by atoms with Gasteiger partial charge in [-0.15, -0.1) is 5.10 Å². The number of rotatable bonds is 5. The Morgan fingerprint density at radius 3 is 2.34 bits per heavy atom. The Hall–Kier alpha value is -3.68. The number of hydrogen-bond donors (Lipinski definition) is 2. The van der Waals surface area contributed by atoms with E-state index in [0.29, 0.717) is 0 Å². The van der Waals surface area contributed by atoms with Gasteiger partial charge in [0.2, 0.25) is 0 Å². The minimum atomic E-state index is -1.12. The van der Waals surface area contributed by atoms with Gasteiger partial charge >= 0.3 is 12.1 Å². The summed E-state index contributed by atoms with van der Waals surface area (Å²) in [5.41, 5.74) is 4.60. The molecule has 2 aliphatic carbocycles. The molecule has 0 aliphatic heterocycles. The van der Waals surface area contributed by atoms with Crippen LogP contribution in [0.2, 0.25) is 0 Å².